The summed E-state index contributed by atoms with van der Waals surface area (Å²) in [5.41, 5.74) is 3.25. The molecule has 0 radical (unpaired) electrons. The van der Waals surface area contributed by atoms with Crippen LogP contribution in [0.25, 0.3) is 17.2 Å². The third kappa shape index (κ3) is 3.92. The Labute approximate surface area is 165 Å². The molecule has 0 bridgehead atoms. The number of nitrogens with one attached hydrogen (secondary N) is 1. The number of carbonyl (C=O) groups excluding carboxylic acids is 2. The molecule has 6 nitrogen and oxygen atoms in total. The third-order valence-corrected chi connectivity index (χ3v) is 4.82. The summed E-state index contributed by atoms with van der Waals surface area (Å²) in [7, 11) is 1.88. The van der Waals surface area contributed by atoms with E-state index in [2.05, 4.69) is 22.1 Å². The highest BCUT2D eigenvalue weighted by Gasteiger charge is 2.24. The van der Waals surface area contributed by atoms with Gasteiger partial charge in [-0.15, -0.1) is 0 Å². The summed E-state index contributed by atoms with van der Waals surface area (Å²) >= 11 is 0.902. The number of rotatable bonds is 3. The average Bonchev–Trinajstić information content (AvgIpc) is 3.26. The number of nitrogens with zero attached hydrogens (tertiary/aromatic N) is 2. The van der Waals surface area contributed by atoms with Crippen LogP contribution in [0.2, 0.25) is 0 Å². The van der Waals surface area contributed by atoms with Crippen LogP contribution in [0.3, 0.4) is 0 Å². The highest BCUT2D eigenvalue weighted by Crippen LogP contribution is 2.25. The van der Waals surface area contributed by atoms with Crippen LogP contribution in [0.5, 0.6) is 0 Å². The Kier molecular flexibility index (Phi) is 4.87. The maximum atomic E-state index is 11.6. The summed E-state index contributed by atoms with van der Waals surface area (Å²) in [5, 5.41) is 1.89. The van der Waals surface area contributed by atoms with Gasteiger partial charge in [-0.25, -0.2) is 0 Å². The molecule has 1 fully saturated rings. The molecule has 0 atom stereocenters. The topological polar surface area (TPSA) is 75.4 Å². The third-order valence-electron chi connectivity index (χ3n) is 4.01. The van der Waals surface area contributed by atoms with E-state index < -0.39 is 0 Å². The van der Waals surface area contributed by atoms with Crippen molar-refractivity contribution in [2.45, 2.75) is 0 Å². The van der Waals surface area contributed by atoms with Gasteiger partial charge in [0.05, 0.1) is 11.4 Å². The Hall–Kier alpha value is -3.50. The number of benzene rings is 2. The molecule has 1 aromatic heterocycles. The standard InChI is InChI=1S/C21H15N3O3S/c1-24(20-22-16-6-2-3-7-17(16)27-20)12-4-5-14-8-10-15(11-9-14)13-18-19(25)23-21(26)28-18/h2-3,6-11,13H,12H2,1H3,(H,23,25,26). The van der Waals surface area contributed by atoms with E-state index in [1.54, 1.807) is 6.08 Å². The molecule has 7 heteroatoms. The van der Waals surface area contributed by atoms with E-state index in [9.17, 15) is 9.59 Å². The molecule has 2 amide bonds. The predicted octanol–water partition coefficient (Wildman–Crippen LogP) is 3.64. The first-order valence-electron chi connectivity index (χ1n) is 8.49. The van der Waals surface area contributed by atoms with Gasteiger partial charge in [-0.2, -0.15) is 4.98 Å². The largest absolute Gasteiger partial charge is 0.423 e. The van der Waals surface area contributed by atoms with Crippen molar-refractivity contribution < 1.29 is 14.0 Å². The van der Waals surface area contributed by atoms with Crippen LogP contribution < -0.4 is 10.2 Å². The summed E-state index contributed by atoms with van der Waals surface area (Å²) < 4.78 is 5.71. The van der Waals surface area contributed by atoms with Crippen LogP contribution in [0, 0.1) is 11.8 Å². The second-order valence-electron chi connectivity index (χ2n) is 6.10. The van der Waals surface area contributed by atoms with Gasteiger partial charge < -0.3 is 9.32 Å². The number of thioether (sulfide) groups is 1. The van der Waals surface area contributed by atoms with Crippen molar-refractivity contribution in [1.29, 1.82) is 0 Å². The van der Waals surface area contributed by atoms with Crippen LogP contribution in [0.4, 0.5) is 10.8 Å². The molecule has 2 aromatic carbocycles. The molecule has 0 spiro atoms. The molecule has 1 aliphatic rings. The van der Waals surface area contributed by atoms with Crippen molar-refractivity contribution in [3.63, 3.8) is 0 Å². The van der Waals surface area contributed by atoms with Gasteiger partial charge in [0.1, 0.15) is 5.52 Å². The Bertz CT molecular complexity index is 1120. The fourth-order valence-electron chi connectivity index (χ4n) is 2.59. The number of aromatic nitrogens is 1. The van der Waals surface area contributed by atoms with Gasteiger partial charge in [-0.3, -0.25) is 14.9 Å². The minimum atomic E-state index is -0.360. The lowest BCUT2D eigenvalue weighted by atomic mass is 10.1. The molecule has 1 aliphatic heterocycles. The molecule has 0 saturated carbocycles. The van der Waals surface area contributed by atoms with E-state index in [0.29, 0.717) is 17.5 Å². The van der Waals surface area contributed by atoms with Gasteiger partial charge in [-0.05, 0) is 47.7 Å². The Morgan fingerprint density at radius 2 is 1.96 bits per heavy atom. The van der Waals surface area contributed by atoms with Crippen molar-refractivity contribution in [3.8, 4) is 11.8 Å². The van der Waals surface area contributed by atoms with Gasteiger partial charge in [0.25, 0.3) is 17.2 Å². The fourth-order valence-corrected chi connectivity index (χ4v) is 3.27. The normalized spacial score (nSPS) is 14.8. The number of fused-ring (bicyclic) bond motifs is 1. The number of para-hydroxylation sites is 2. The van der Waals surface area contributed by atoms with Gasteiger partial charge in [0.15, 0.2) is 5.58 Å². The van der Waals surface area contributed by atoms with Gasteiger partial charge in [-0.1, -0.05) is 36.1 Å². The van der Waals surface area contributed by atoms with Crippen molar-refractivity contribution >= 4 is 46.1 Å². The highest BCUT2D eigenvalue weighted by atomic mass is 32.2. The van der Waals surface area contributed by atoms with E-state index >= 15 is 0 Å². The van der Waals surface area contributed by atoms with Crippen molar-refractivity contribution in [2.24, 2.45) is 0 Å². The fraction of sp³-hybridized carbons (Fsp3) is 0.0952. The number of anilines is 1. The van der Waals surface area contributed by atoms with E-state index in [-0.39, 0.29) is 11.1 Å². The first-order chi connectivity index (χ1) is 13.6. The van der Waals surface area contributed by atoms with Gasteiger partial charge in [0.2, 0.25) is 0 Å². The van der Waals surface area contributed by atoms with Crippen molar-refractivity contribution in [1.82, 2.24) is 10.3 Å². The van der Waals surface area contributed by atoms with E-state index in [1.165, 1.54) is 0 Å². The lowest BCUT2D eigenvalue weighted by Gasteiger charge is -2.09. The summed E-state index contributed by atoms with van der Waals surface area (Å²) in [6.07, 6.45) is 1.68. The molecule has 1 saturated heterocycles. The van der Waals surface area contributed by atoms with E-state index in [1.807, 2.05) is 60.5 Å². The molecule has 4 rings (SSSR count). The maximum absolute atomic E-state index is 11.6. The quantitative estimate of drug-likeness (QED) is 0.545. The van der Waals surface area contributed by atoms with Crippen LogP contribution in [0.1, 0.15) is 11.1 Å². The molecule has 3 aromatic rings. The number of hydrogen-bond donors (Lipinski definition) is 1. The summed E-state index contributed by atoms with van der Waals surface area (Å²) in [5.74, 6) is 5.83. The smallest absolute Gasteiger partial charge is 0.298 e. The minimum absolute atomic E-state index is 0.346. The van der Waals surface area contributed by atoms with Gasteiger partial charge in [0, 0.05) is 12.6 Å². The Morgan fingerprint density at radius 1 is 1.18 bits per heavy atom. The summed E-state index contributed by atoms with van der Waals surface area (Å²) in [4.78, 5) is 29.4. The zero-order chi connectivity index (χ0) is 19.5. The lowest BCUT2D eigenvalue weighted by Crippen LogP contribution is -2.17. The monoisotopic (exact) mass is 389 g/mol. The zero-order valence-corrected chi connectivity index (χ0v) is 15.7. The lowest BCUT2D eigenvalue weighted by molar-refractivity contribution is -0.115. The molecular weight excluding hydrogens is 374 g/mol. The number of hydrogen-bond acceptors (Lipinski definition) is 6. The second-order valence-corrected chi connectivity index (χ2v) is 7.11. The number of oxazole rings is 1. The predicted molar refractivity (Wildman–Crippen MR) is 110 cm³/mol. The molecule has 1 N–H and O–H groups in total. The first kappa shape index (κ1) is 17.9. The maximum Gasteiger partial charge on any atom is 0.298 e. The van der Waals surface area contributed by atoms with E-state index in [4.69, 9.17) is 4.42 Å². The Balaban J connectivity index is 1.41. The first-order valence-corrected chi connectivity index (χ1v) is 9.31. The molecule has 2 heterocycles. The van der Waals surface area contributed by atoms with Crippen molar-refractivity contribution in [2.75, 3.05) is 18.5 Å². The van der Waals surface area contributed by atoms with Crippen LogP contribution in [-0.2, 0) is 4.79 Å². The van der Waals surface area contributed by atoms with E-state index in [0.717, 1.165) is 34.0 Å². The van der Waals surface area contributed by atoms with Gasteiger partial charge >= 0.3 is 0 Å². The average molecular weight is 389 g/mol. The summed E-state index contributed by atoms with van der Waals surface area (Å²) in [6, 6.07) is 15.6. The van der Waals surface area contributed by atoms with Crippen molar-refractivity contribution in [3.05, 3.63) is 64.6 Å². The molecule has 138 valence electrons. The number of carbonyl (C=O) groups is 2. The number of amides is 2. The zero-order valence-electron chi connectivity index (χ0n) is 14.9. The molecule has 0 aliphatic carbocycles. The SMILES string of the molecule is CN(CC#Cc1ccc(C=C2SC(=O)NC2=O)cc1)c1nc2ccccc2o1. The molecule has 28 heavy (non-hydrogen) atoms. The molecular formula is C21H15N3O3S. The summed E-state index contributed by atoms with van der Waals surface area (Å²) in [6.45, 7) is 0.470. The number of imide groups is 1. The van der Waals surface area contributed by atoms with Crippen LogP contribution in [-0.4, -0.2) is 29.7 Å². The van der Waals surface area contributed by atoms with Crippen LogP contribution in [0.15, 0.2) is 57.9 Å². The second kappa shape index (κ2) is 7.62. The molecule has 0 unspecified atom stereocenters. The minimum Gasteiger partial charge on any atom is -0.423 e. The Morgan fingerprint density at radius 3 is 2.68 bits per heavy atom. The highest BCUT2D eigenvalue weighted by molar-refractivity contribution is 8.18. The van der Waals surface area contributed by atoms with Crippen LogP contribution >= 0.6 is 11.8 Å².